The SMILES string of the molecule is CCc1ccn2nc([N+]3(C=O)CCc4ncsc4CC3)cc2n1. The summed E-state index contributed by atoms with van der Waals surface area (Å²) in [4.78, 5) is 22.3. The van der Waals surface area contributed by atoms with Crippen molar-refractivity contribution in [1.29, 1.82) is 0 Å². The van der Waals surface area contributed by atoms with Crippen LogP contribution in [0.5, 0.6) is 0 Å². The van der Waals surface area contributed by atoms with Crippen molar-refractivity contribution < 1.29 is 4.79 Å². The van der Waals surface area contributed by atoms with E-state index in [2.05, 4.69) is 22.0 Å². The predicted octanol–water partition coefficient (Wildman–Crippen LogP) is 2.01. The molecule has 0 fully saturated rings. The average Bonchev–Trinajstić information content (AvgIpc) is 3.18. The van der Waals surface area contributed by atoms with E-state index in [-0.39, 0.29) is 4.48 Å². The molecule has 4 heterocycles. The molecule has 3 aromatic heterocycles. The van der Waals surface area contributed by atoms with Gasteiger partial charge in [-0.2, -0.15) is 0 Å². The Morgan fingerprint density at radius 1 is 1.39 bits per heavy atom. The molecule has 3 aromatic rings. The third kappa shape index (κ3) is 2.36. The van der Waals surface area contributed by atoms with Gasteiger partial charge in [0, 0.05) is 29.6 Å². The van der Waals surface area contributed by atoms with Gasteiger partial charge in [0.15, 0.2) is 5.65 Å². The first-order valence-electron chi connectivity index (χ1n) is 7.84. The number of fused-ring (bicyclic) bond motifs is 2. The highest BCUT2D eigenvalue weighted by Crippen LogP contribution is 2.27. The molecule has 23 heavy (non-hydrogen) atoms. The summed E-state index contributed by atoms with van der Waals surface area (Å²) in [5, 5.41) is 4.62. The number of hydrogen-bond acceptors (Lipinski definition) is 5. The van der Waals surface area contributed by atoms with Crippen LogP contribution in [0.3, 0.4) is 0 Å². The topological polar surface area (TPSA) is 60.2 Å². The summed E-state index contributed by atoms with van der Waals surface area (Å²) in [6.07, 6.45) is 5.50. The number of aryl methyl sites for hydroxylation is 1. The van der Waals surface area contributed by atoms with E-state index in [1.54, 1.807) is 15.9 Å². The van der Waals surface area contributed by atoms with Crippen LogP contribution in [-0.2, 0) is 24.1 Å². The van der Waals surface area contributed by atoms with Crippen LogP contribution in [0.2, 0.25) is 0 Å². The molecular formula is C16H18N5OS+. The molecule has 0 saturated carbocycles. The van der Waals surface area contributed by atoms with E-state index in [0.29, 0.717) is 6.54 Å². The van der Waals surface area contributed by atoms with Crippen LogP contribution < -0.4 is 4.48 Å². The third-order valence-electron chi connectivity index (χ3n) is 4.60. The minimum absolute atomic E-state index is 0.244. The number of rotatable bonds is 3. The standard InChI is InChI=1S/C16H18N5OS/c1-2-12-3-6-20-15(18-12)9-16(19-20)21(11-22)7-4-13-14(5-8-21)23-10-17-13/h3,6,9-11H,2,4-5,7-8H2,1H3/q+1. The number of amides is 1. The molecule has 0 bridgehead atoms. The van der Waals surface area contributed by atoms with Crippen LogP contribution in [-0.4, -0.2) is 39.1 Å². The average molecular weight is 328 g/mol. The largest absolute Gasteiger partial charge is 0.307 e. The van der Waals surface area contributed by atoms with Crippen molar-refractivity contribution >= 4 is 29.2 Å². The molecule has 1 unspecified atom stereocenters. The summed E-state index contributed by atoms with van der Waals surface area (Å²) >= 11 is 1.68. The molecule has 1 aliphatic heterocycles. The molecule has 1 atom stereocenters. The van der Waals surface area contributed by atoms with Gasteiger partial charge in [0.05, 0.1) is 30.4 Å². The summed E-state index contributed by atoms with van der Waals surface area (Å²) in [5.41, 5.74) is 4.86. The maximum Gasteiger partial charge on any atom is 0.307 e. The zero-order valence-electron chi connectivity index (χ0n) is 13.0. The van der Waals surface area contributed by atoms with Crippen LogP contribution in [0.25, 0.3) is 5.65 Å². The van der Waals surface area contributed by atoms with Crippen LogP contribution in [0, 0.1) is 0 Å². The summed E-state index contributed by atoms with van der Waals surface area (Å²) in [7, 11) is 0. The minimum Gasteiger partial charge on any atom is -0.249 e. The Labute approximate surface area is 138 Å². The molecule has 6 nitrogen and oxygen atoms in total. The van der Waals surface area contributed by atoms with Crippen molar-refractivity contribution in [3.8, 4) is 0 Å². The first-order chi connectivity index (χ1) is 11.2. The maximum atomic E-state index is 12.0. The monoisotopic (exact) mass is 328 g/mol. The van der Waals surface area contributed by atoms with Crippen molar-refractivity contribution in [2.45, 2.75) is 26.2 Å². The Morgan fingerprint density at radius 2 is 2.26 bits per heavy atom. The minimum atomic E-state index is 0.244. The Bertz CT molecular complexity index is 846. The highest BCUT2D eigenvalue weighted by Gasteiger charge is 2.36. The van der Waals surface area contributed by atoms with Gasteiger partial charge in [0.1, 0.15) is 0 Å². The van der Waals surface area contributed by atoms with E-state index in [9.17, 15) is 4.79 Å². The molecule has 0 N–H and O–H groups in total. The van der Waals surface area contributed by atoms with E-state index in [4.69, 9.17) is 0 Å². The fourth-order valence-electron chi connectivity index (χ4n) is 3.13. The number of hydrogen-bond donors (Lipinski definition) is 0. The summed E-state index contributed by atoms with van der Waals surface area (Å²) in [6, 6.07) is 3.92. The maximum absolute atomic E-state index is 12.0. The van der Waals surface area contributed by atoms with Crippen molar-refractivity contribution in [1.82, 2.24) is 24.1 Å². The number of nitrogens with zero attached hydrogens (tertiary/aromatic N) is 5. The lowest BCUT2D eigenvalue weighted by molar-refractivity contribution is -0.117. The molecular weight excluding hydrogens is 310 g/mol. The van der Waals surface area contributed by atoms with E-state index in [1.165, 1.54) is 4.88 Å². The second kappa shape index (κ2) is 5.50. The van der Waals surface area contributed by atoms with Crippen LogP contribution in [0.4, 0.5) is 5.82 Å². The first kappa shape index (κ1) is 14.5. The Hall–Kier alpha value is -2.12. The second-order valence-corrected chi connectivity index (χ2v) is 6.83. The van der Waals surface area contributed by atoms with Crippen molar-refractivity contribution in [2.24, 2.45) is 0 Å². The molecule has 0 radical (unpaired) electrons. The molecule has 0 spiro atoms. The smallest absolute Gasteiger partial charge is 0.249 e. The van der Waals surface area contributed by atoms with Gasteiger partial charge in [0.2, 0.25) is 0 Å². The van der Waals surface area contributed by atoms with Gasteiger partial charge < -0.3 is 0 Å². The quantitative estimate of drug-likeness (QED) is 0.545. The fraction of sp³-hybridized carbons (Fsp3) is 0.375. The van der Waals surface area contributed by atoms with Gasteiger partial charge in [-0.3, -0.25) is 0 Å². The third-order valence-corrected chi connectivity index (χ3v) is 5.54. The fourth-order valence-corrected chi connectivity index (χ4v) is 3.94. The molecule has 118 valence electrons. The second-order valence-electron chi connectivity index (χ2n) is 5.89. The van der Waals surface area contributed by atoms with E-state index in [1.807, 2.05) is 23.8 Å². The van der Waals surface area contributed by atoms with Gasteiger partial charge >= 0.3 is 6.41 Å². The lowest BCUT2D eigenvalue weighted by Gasteiger charge is -2.26. The molecule has 1 amide bonds. The Morgan fingerprint density at radius 3 is 3.09 bits per heavy atom. The Balaban J connectivity index is 1.74. The lowest BCUT2D eigenvalue weighted by atomic mass is 10.2. The zero-order valence-corrected chi connectivity index (χ0v) is 13.8. The Kier molecular flexibility index (Phi) is 3.46. The summed E-state index contributed by atoms with van der Waals surface area (Å²) < 4.78 is 2.00. The lowest BCUT2D eigenvalue weighted by Crippen LogP contribution is -2.50. The van der Waals surface area contributed by atoms with Crippen molar-refractivity contribution in [3.63, 3.8) is 0 Å². The van der Waals surface area contributed by atoms with Crippen LogP contribution in [0.15, 0.2) is 23.8 Å². The predicted molar refractivity (Wildman–Crippen MR) is 89.5 cm³/mol. The highest BCUT2D eigenvalue weighted by atomic mass is 32.1. The molecule has 0 saturated heterocycles. The zero-order chi connectivity index (χ0) is 15.9. The normalized spacial score (nSPS) is 21.1. The highest BCUT2D eigenvalue weighted by molar-refractivity contribution is 7.09. The number of quaternary nitrogens is 1. The van der Waals surface area contributed by atoms with Crippen LogP contribution >= 0.6 is 11.3 Å². The summed E-state index contributed by atoms with van der Waals surface area (Å²) in [6.45, 7) is 3.50. The molecule has 4 rings (SSSR count). The molecule has 0 aliphatic carbocycles. The number of carbonyl (C=O) groups excluding carboxylic acids is 1. The van der Waals surface area contributed by atoms with Gasteiger partial charge in [0.25, 0.3) is 5.82 Å². The van der Waals surface area contributed by atoms with Crippen LogP contribution in [0.1, 0.15) is 23.2 Å². The van der Waals surface area contributed by atoms with Gasteiger partial charge in [-0.25, -0.2) is 23.8 Å². The number of aromatic nitrogens is 4. The van der Waals surface area contributed by atoms with E-state index < -0.39 is 0 Å². The van der Waals surface area contributed by atoms with Gasteiger partial charge in [-0.05, 0) is 12.5 Å². The molecule has 0 aromatic carbocycles. The van der Waals surface area contributed by atoms with E-state index in [0.717, 1.165) is 55.1 Å². The molecule has 1 aliphatic rings. The van der Waals surface area contributed by atoms with Gasteiger partial charge in [-0.15, -0.1) is 16.4 Å². The summed E-state index contributed by atoms with van der Waals surface area (Å²) in [5.74, 6) is 0.774. The first-order valence-corrected chi connectivity index (χ1v) is 8.72. The molecule has 7 heteroatoms. The van der Waals surface area contributed by atoms with Gasteiger partial charge in [-0.1, -0.05) is 6.92 Å². The number of thiazole rings is 1. The number of carbonyl (C=O) groups is 1. The van der Waals surface area contributed by atoms with Crippen molar-refractivity contribution in [2.75, 3.05) is 13.1 Å². The van der Waals surface area contributed by atoms with E-state index >= 15 is 0 Å². The van der Waals surface area contributed by atoms with Crippen molar-refractivity contribution in [3.05, 3.63) is 40.1 Å².